The Bertz CT molecular complexity index is 1210. The van der Waals surface area contributed by atoms with Crippen LogP contribution in [0.15, 0.2) is 29.1 Å². The van der Waals surface area contributed by atoms with E-state index in [-0.39, 0.29) is 22.6 Å². The van der Waals surface area contributed by atoms with Gasteiger partial charge in [-0.05, 0) is 51.0 Å². The Hall–Kier alpha value is -2.94. The predicted molar refractivity (Wildman–Crippen MR) is 108 cm³/mol. The summed E-state index contributed by atoms with van der Waals surface area (Å²) in [6.07, 6.45) is 1.51. The molecular weight excluding hydrogens is 412 g/mol. The summed E-state index contributed by atoms with van der Waals surface area (Å²) >= 11 is 0. The van der Waals surface area contributed by atoms with Gasteiger partial charge in [0.05, 0.1) is 17.1 Å². The first-order valence-electron chi connectivity index (χ1n) is 10.1. The zero-order valence-corrected chi connectivity index (χ0v) is 16.7. The van der Waals surface area contributed by atoms with E-state index in [4.69, 9.17) is 0 Å². The third kappa shape index (κ3) is 3.27. The molecule has 2 aromatic carbocycles. The molecule has 0 spiro atoms. The van der Waals surface area contributed by atoms with Crippen LogP contribution in [0.4, 0.5) is 23.2 Å². The second kappa shape index (κ2) is 7.33. The molecule has 0 saturated carbocycles. The van der Waals surface area contributed by atoms with Crippen LogP contribution < -0.4 is 10.9 Å². The highest BCUT2D eigenvalue weighted by Crippen LogP contribution is 2.50. The first kappa shape index (κ1) is 20.0. The van der Waals surface area contributed by atoms with E-state index in [0.29, 0.717) is 23.2 Å². The predicted octanol–water partition coefficient (Wildman–Crippen LogP) is 4.07. The Kier molecular flexibility index (Phi) is 4.73. The fourth-order valence-corrected chi connectivity index (χ4v) is 5.04. The van der Waals surface area contributed by atoms with Crippen LogP contribution in [-0.4, -0.2) is 35.2 Å². The number of hydrogen-bond donors (Lipinski definition) is 2. The third-order valence-corrected chi connectivity index (χ3v) is 6.49. The zero-order chi connectivity index (χ0) is 21.9. The smallest absolute Gasteiger partial charge is 0.272 e. The summed E-state index contributed by atoms with van der Waals surface area (Å²) in [4.78, 5) is 14.5. The van der Waals surface area contributed by atoms with Crippen LogP contribution in [0.2, 0.25) is 0 Å². The molecule has 31 heavy (non-hydrogen) atoms. The number of rotatable bonds is 2. The maximum Gasteiger partial charge on any atom is 0.272 e. The van der Waals surface area contributed by atoms with Crippen molar-refractivity contribution >= 4 is 16.5 Å². The van der Waals surface area contributed by atoms with Gasteiger partial charge in [0.15, 0.2) is 0 Å². The second-order valence-electron chi connectivity index (χ2n) is 8.39. The lowest BCUT2D eigenvalue weighted by atomic mass is 9.73. The number of nitrogens with zero attached hydrogens (tertiary/aromatic N) is 2. The molecule has 0 aliphatic carbocycles. The van der Waals surface area contributed by atoms with Crippen LogP contribution in [0.5, 0.6) is 0 Å². The lowest BCUT2D eigenvalue weighted by Crippen LogP contribution is -2.38. The monoisotopic (exact) mass is 432 g/mol. The van der Waals surface area contributed by atoms with Crippen molar-refractivity contribution in [1.82, 2.24) is 15.1 Å². The lowest BCUT2D eigenvalue weighted by molar-refractivity contribution is 0.186. The summed E-state index contributed by atoms with van der Waals surface area (Å²) in [6, 6.07) is 2.66. The Balaban J connectivity index is 1.75. The maximum atomic E-state index is 14.8. The van der Waals surface area contributed by atoms with Gasteiger partial charge in [-0.3, -0.25) is 4.79 Å². The molecule has 2 atom stereocenters. The van der Waals surface area contributed by atoms with Crippen molar-refractivity contribution in [2.45, 2.75) is 24.8 Å². The Morgan fingerprint density at radius 1 is 1.00 bits per heavy atom. The van der Waals surface area contributed by atoms with Gasteiger partial charge < -0.3 is 10.2 Å². The normalized spacial score (nSPS) is 22.0. The number of halogens is 4. The summed E-state index contributed by atoms with van der Waals surface area (Å²) in [7, 11) is 2.00. The van der Waals surface area contributed by atoms with Crippen LogP contribution in [0.25, 0.3) is 10.8 Å². The van der Waals surface area contributed by atoms with Crippen LogP contribution in [0.1, 0.15) is 36.1 Å². The minimum Gasteiger partial charge on any atom is -0.377 e. The summed E-state index contributed by atoms with van der Waals surface area (Å²) in [5, 5.41) is 10.3. The number of piperidine rings is 1. The molecule has 2 unspecified atom stereocenters. The molecule has 1 saturated heterocycles. The maximum absolute atomic E-state index is 14.8. The van der Waals surface area contributed by atoms with E-state index < -0.39 is 40.8 Å². The number of aromatic nitrogens is 2. The number of hydrogen-bond acceptors (Lipinski definition) is 4. The molecule has 5 rings (SSSR count). The standard InChI is InChI=1S/C22H20F4N4O/c1-30-4-2-10(3-5-30)17-20(19-14(25)7-12(24)8-15(19)26)27-16-9-11(23)6-13-18(16)21(17)28-29-22(13)31/h6-10,17,20,27H,2-5H2,1H3,(H,29,31). The number of anilines is 1. The summed E-state index contributed by atoms with van der Waals surface area (Å²) in [5.41, 5.74) is -0.158. The van der Waals surface area contributed by atoms with E-state index in [0.717, 1.165) is 32.0 Å². The highest BCUT2D eigenvalue weighted by molar-refractivity contribution is 5.97. The molecule has 2 aliphatic heterocycles. The molecule has 3 heterocycles. The Morgan fingerprint density at radius 3 is 2.32 bits per heavy atom. The fraction of sp³-hybridized carbons (Fsp3) is 0.364. The highest BCUT2D eigenvalue weighted by Gasteiger charge is 2.42. The Morgan fingerprint density at radius 2 is 1.65 bits per heavy atom. The van der Waals surface area contributed by atoms with E-state index in [1.54, 1.807) is 0 Å². The minimum absolute atomic E-state index is 0.00245. The van der Waals surface area contributed by atoms with E-state index >= 15 is 0 Å². The fourth-order valence-electron chi connectivity index (χ4n) is 5.04. The van der Waals surface area contributed by atoms with Crippen LogP contribution in [0, 0.1) is 29.2 Å². The topological polar surface area (TPSA) is 61.0 Å². The molecule has 0 bridgehead atoms. The van der Waals surface area contributed by atoms with Gasteiger partial charge in [-0.25, -0.2) is 22.7 Å². The molecule has 9 heteroatoms. The van der Waals surface area contributed by atoms with E-state index in [1.165, 1.54) is 6.07 Å². The van der Waals surface area contributed by atoms with Gasteiger partial charge in [-0.1, -0.05) is 0 Å². The van der Waals surface area contributed by atoms with Crippen molar-refractivity contribution in [3.8, 4) is 0 Å². The van der Waals surface area contributed by atoms with Gasteiger partial charge in [0, 0.05) is 34.7 Å². The number of nitrogens with one attached hydrogen (secondary N) is 2. The van der Waals surface area contributed by atoms with Gasteiger partial charge in [0.25, 0.3) is 5.56 Å². The third-order valence-electron chi connectivity index (χ3n) is 6.49. The first-order valence-corrected chi connectivity index (χ1v) is 10.1. The quantitative estimate of drug-likeness (QED) is 0.600. The lowest BCUT2D eigenvalue weighted by Gasteiger charge is -2.41. The number of aromatic amines is 1. The molecular formula is C22H20F4N4O. The average molecular weight is 432 g/mol. The van der Waals surface area contributed by atoms with Gasteiger partial charge in [-0.15, -0.1) is 0 Å². The zero-order valence-electron chi connectivity index (χ0n) is 16.7. The molecule has 2 N–H and O–H groups in total. The summed E-state index contributed by atoms with van der Waals surface area (Å²) in [5.74, 6) is -4.21. The highest BCUT2D eigenvalue weighted by atomic mass is 19.1. The van der Waals surface area contributed by atoms with E-state index in [2.05, 4.69) is 20.4 Å². The molecule has 5 nitrogen and oxygen atoms in total. The van der Waals surface area contributed by atoms with Gasteiger partial charge in [0.2, 0.25) is 0 Å². The van der Waals surface area contributed by atoms with Crippen molar-refractivity contribution in [3.63, 3.8) is 0 Å². The van der Waals surface area contributed by atoms with Crippen molar-refractivity contribution in [2.75, 3.05) is 25.5 Å². The SMILES string of the molecule is CN1CCC(C2c3n[nH]c(=O)c4cc(F)cc(c34)NC2c2c(F)cc(F)cc2F)CC1. The van der Waals surface area contributed by atoms with Crippen LogP contribution in [0.3, 0.4) is 0 Å². The van der Waals surface area contributed by atoms with E-state index in [9.17, 15) is 22.4 Å². The Labute approximate surface area is 175 Å². The van der Waals surface area contributed by atoms with Crippen LogP contribution in [-0.2, 0) is 0 Å². The van der Waals surface area contributed by atoms with Gasteiger partial charge >= 0.3 is 0 Å². The number of benzene rings is 2. The van der Waals surface area contributed by atoms with Crippen molar-refractivity contribution < 1.29 is 17.6 Å². The van der Waals surface area contributed by atoms with Gasteiger partial charge in [0.1, 0.15) is 23.3 Å². The molecule has 0 amide bonds. The average Bonchev–Trinajstić information content (AvgIpc) is 2.70. The molecule has 3 aromatic rings. The number of H-pyrrole nitrogens is 1. The van der Waals surface area contributed by atoms with Crippen molar-refractivity contribution in [3.05, 3.63) is 69.1 Å². The van der Waals surface area contributed by atoms with Gasteiger partial charge in [-0.2, -0.15) is 5.10 Å². The summed E-state index contributed by atoms with van der Waals surface area (Å²) < 4.78 is 57.5. The van der Waals surface area contributed by atoms with Crippen molar-refractivity contribution in [2.24, 2.45) is 5.92 Å². The molecule has 2 aliphatic rings. The summed E-state index contributed by atoms with van der Waals surface area (Å²) in [6.45, 7) is 1.59. The molecule has 1 aromatic heterocycles. The second-order valence-corrected chi connectivity index (χ2v) is 8.39. The molecule has 0 radical (unpaired) electrons. The molecule has 162 valence electrons. The number of likely N-dealkylation sites (tertiary alicyclic amines) is 1. The van der Waals surface area contributed by atoms with E-state index in [1.807, 2.05) is 7.05 Å². The first-order chi connectivity index (χ1) is 14.8. The molecule has 1 fully saturated rings. The minimum atomic E-state index is -1.02. The van der Waals surface area contributed by atoms with Crippen molar-refractivity contribution in [1.29, 1.82) is 0 Å². The van der Waals surface area contributed by atoms with Crippen LogP contribution >= 0.6 is 0 Å². The largest absolute Gasteiger partial charge is 0.377 e.